The van der Waals surface area contributed by atoms with Crippen molar-refractivity contribution < 1.29 is 23.4 Å². The van der Waals surface area contributed by atoms with Gasteiger partial charge in [-0.15, -0.1) is 0 Å². The molecule has 122 valence electrons. The number of nitrogens with one attached hydrogen (secondary N) is 1. The molecule has 1 atom stereocenters. The van der Waals surface area contributed by atoms with Crippen LogP contribution in [0.2, 0.25) is 0 Å². The zero-order valence-corrected chi connectivity index (χ0v) is 12.6. The highest BCUT2D eigenvalue weighted by Crippen LogP contribution is 2.20. The first kappa shape index (κ1) is 16.9. The molecule has 4 nitrogen and oxygen atoms in total. The van der Waals surface area contributed by atoms with Crippen LogP contribution < -0.4 is 10.1 Å². The number of carbonyl (C=O) groups excluding carboxylic acids is 1. The van der Waals surface area contributed by atoms with E-state index in [0.29, 0.717) is 17.9 Å². The number of benzene rings is 2. The quantitative estimate of drug-likeness (QED) is 0.860. The lowest BCUT2D eigenvalue weighted by Gasteiger charge is -2.14. The minimum atomic E-state index is -1.48. The Balaban J connectivity index is 2.02. The second-order valence-corrected chi connectivity index (χ2v) is 4.82. The molecule has 2 rings (SSSR count). The molecule has 0 aliphatic rings. The lowest BCUT2D eigenvalue weighted by atomic mass is 10.1. The summed E-state index contributed by atoms with van der Waals surface area (Å²) < 4.78 is 32.4. The van der Waals surface area contributed by atoms with Crippen molar-refractivity contribution in [2.24, 2.45) is 0 Å². The molecule has 0 radical (unpaired) electrons. The van der Waals surface area contributed by atoms with Crippen LogP contribution in [-0.2, 0) is 0 Å². The Kier molecular flexibility index (Phi) is 5.65. The third kappa shape index (κ3) is 4.26. The molecule has 0 bridgehead atoms. The fourth-order valence-corrected chi connectivity index (χ4v) is 2.12. The van der Waals surface area contributed by atoms with E-state index in [4.69, 9.17) is 4.74 Å². The Morgan fingerprint density at radius 3 is 2.52 bits per heavy atom. The topological polar surface area (TPSA) is 58.6 Å². The summed E-state index contributed by atoms with van der Waals surface area (Å²) in [6.45, 7) is 1.98. The Bertz CT molecular complexity index is 671. The van der Waals surface area contributed by atoms with Gasteiger partial charge in [-0.1, -0.05) is 12.1 Å². The molecule has 23 heavy (non-hydrogen) atoms. The van der Waals surface area contributed by atoms with E-state index in [2.05, 4.69) is 5.32 Å². The smallest absolute Gasteiger partial charge is 0.251 e. The molecule has 0 heterocycles. The van der Waals surface area contributed by atoms with Gasteiger partial charge in [0.2, 0.25) is 0 Å². The molecular weight excluding hydrogens is 304 g/mol. The molecule has 0 fully saturated rings. The highest BCUT2D eigenvalue weighted by atomic mass is 19.1. The molecule has 2 aromatic rings. The number of ether oxygens (including phenoxy) is 1. The standard InChI is InChI=1S/C17H17F2NO3/c1-2-23-12-6-3-5-11(9-12)17(22)20-10-15(21)16-13(18)7-4-8-14(16)19/h3-9,15,21H,2,10H2,1H3,(H,20,22). The Morgan fingerprint density at radius 1 is 1.22 bits per heavy atom. The van der Waals surface area contributed by atoms with Crippen LogP contribution in [0.15, 0.2) is 42.5 Å². The van der Waals surface area contributed by atoms with Crippen molar-refractivity contribution in [3.63, 3.8) is 0 Å². The largest absolute Gasteiger partial charge is 0.494 e. The lowest BCUT2D eigenvalue weighted by Crippen LogP contribution is -2.29. The Hall–Kier alpha value is -2.47. The minimum absolute atomic E-state index is 0.310. The van der Waals surface area contributed by atoms with Gasteiger partial charge in [-0.25, -0.2) is 8.78 Å². The summed E-state index contributed by atoms with van der Waals surface area (Å²) in [6, 6.07) is 9.81. The van der Waals surface area contributed by atoms with E-state index in [9.17, 15) is 18.7 Å². The molecule has 0 aliphatic carbocycles. The summed E-state index contributed by atoms with van der Waals surface area (Å²) >= 11 is 0. The second-order valence-electron chi connectivity index (χ2n) is 4.82. The van der Waals surface area contributed by atoms with E-state index >= 15 is 0 Å². The first-order valence-electron chi connectivity index (χ1n) is 7.16. The molecule has 6 heteroatoms. The van der Waals surface area contributed by atoms with Crippen LogP contribution in [0.4, 0.5) is 8.78 Å². The minimum Gasteiger partial charge on any atom is -0.494 e. The van der Waals surface area contributed by atoms with Gasteiger partial charge in [-0.3, -0.25) is 4.79 Å². The van der Waals surface area contributed by atoms with Crippen molar-refractivity contribution in [3.8, 4) is 5.75 Å². The van der Waals surface area contributed by atoms with Gasteiger partial charge >= 0.3 is 0 Å². The number of carbonyl (C=O) groups is 1. The number of rotatable bonds is 6. The fourth-order valence-electron chi connectivity index (χ4n) is 2.12. The zero-order chi connectivity index (χ0) is 16.8. The predicted octanol–water partition coefficient (Wildman–Crippen LogP) is 2.83. The Morgan fingerprint density at radius 2 is 1.87 bits per heavy atom. The van der Waals surface area contributed by atoms with Crippen LogP contribution in [-0.4, -0.2) is 24.2 Å². The second kappa shape index (κ2) is 7.69. The number of aliphatic hydroxyl groups excluding tert-OH is 1. The van der Waals surface area contributed by atoms with Gasteiger partial charge in [-0.2, -0.15) is 0 Å². The number of halogens is 2. The van der Waals surface area contributed by atoms with Crippen molar-refractivity contribution in [3.05, 3.63) is 65.2 Å². The highest BCUT2D eigenvalue weighted by molar-refractivity contribution is 5.94. The van der Waals surface area contributed by atoms with Crippen molar-refractivity contribution >= 4 is 5.91 Å². The average Bonchev–Trinajstić information content (AvgIpc) is 2.53. The van der Waals surface area contributed by atoms with Gasteiger partial charge in [0.25, 0.3) is 5.91 Å². The number of aliphatic hydroxyl groups is 1. The van der Waals surface area contributed by atoms with Crippen molar-refractivity contribution in [1.29, 1.82) is 0 Å². The van der Waals surface area contributed by atoms with E-state index in [-0.39, 0.29) is 6.54 Å². The summed E-state index contributed by atoms with van der Waals surface area (Å²) in [4.78, 5) is 12.0. The van der Waals surface area contributed by atoms with E-state index in [1.54, 1.807) is 24.3 Å². The van der Waals surface area contributed by atoms with E-state index in [1.165, 1.54) is 6.07 Å². The van der Waals surface area contributed by atoms with Gasteiger partial charge in [0, 0.05) is 12.1 Å². The van der Waals surface area contributed by atoms with Gasteiger partial charge < -0.3 is 15.2 Å². The summed E-state index contributed by atoms with van der Waals surface area (Å²) in [5.74, 6) is -1.64. The summed E-state index contributed by atoms with van der Waals surface area (Å²) in [5, 5.41) is 12.3. The normalized spacial score (nSPS) is 11.8. The van der Waals surface area contributed by atoms with Crippen LogP contribution >= 0.6 is 0 Å². The van der Waals surface area contributed by atoms with Gasteiger partial charge in [-0.05, 0) is 37.3 Å². The molecule has 0 aromatic heterocycles. The molecule has 2 aromatic carbocycles. The van der Waals surface area contributed by atoms with Crippen LogP contribution in [0.5, 0.6) is 5.75 Å². The molecule has 2 N–H and O–H groups in total. The molecule has 0 saturated heterocycles. The monoisotopic (exact) mass is 321 g/mol. The third-order valence-corrected chi connectivity index (χ3v) is 3.20. The van der Waals surface area contributed by atoms with Crippen LogP contribution in [0.1, 0.15) is 28.9 Å². The van der Waals surface area contributed by atoms with Gasteiger partial charge in [0.15, 0.2) is 0 Å². The SMILES string of the molecule is CCOc1cccc(C(=O)NCC(O)c2c(F)cccc2F)c1. The van der Waals surface area contributed by atoms with E-state index in [0.717, 1.165) is 12.1 Å². The van der Waals surface area contributed by atoms with Crippen LogP contribution in [0.3, 0.4) is 0 Å². The molecule has 0 aliphatic heterocycles. The van der Waals surface area contributed by atoms with Gasteiger partial charge in [0.1, 0.15) is 23.5 Å². The van der Waals surface area contributed by atoms with E-state index in [1.807, 2.05) is 6.92 Å². The summed E-state index contributed by atoms with van der Waals surface area (Å²) in [5.41, 5.74) is -0.131. The number of hydrogen-bond acceptors (Lipinski definition) is 3. The zero-order valence-electron chi connectivity index (χ0n) is 12.6. The number of hydrogen-bond donors (Lipinski definition) is 2. The first-order valence-corrected chi connectivity index (χ1v) is 7.16. The third-order valence-electron chi connectivity index (χ3n) is 3.20. The fraction of sp³-hybridized carbons (Fsp3) is 0.235. The predicted molar refractivity (Wildman–Crippen MR) is 81.3 cm³/mol. The maximum atomic E-state index is 13.6. The molecule has 1 amide bonds. The molecule has 1 unspecified atom stereocenters. The number of amides is 1. The highest BCUT2D eigenvalue weighted by Gasteiger charge is 2.18. The Labute approximate surface area is 132 Å². The van der Waals surface area contributed by atoms with Crippen molar-refractivity contribution in [2.45, 2.75) is 13.0 Å². The average molecular weight is 321 g/mol. The first-order chi connectivity index (χ1) is 11.0. The van der Waals surface area contributed by atoms with Crippen LogP contribution in [0, 0.1) is 11.6 Å². The summed E-state index contributed by atoms with van der Waals surface area (Å²) in [7, 11) is 0. The van der Waals surface area contributed by atoms with Crippen molar-refractivity contribution in [2.75, 3.05) is 13.2 Å². The summed E-state index contributed by atoms with van der Waals surface area (Å²) in [6.07, 6.45) is -1.48. The van der Waals surface area contributed by atoms with Gasteiger partial charge in [0.05, 0.1) is 12.2 Å². The van der Waals surface area contributed by atoms with Crippen LogP contribution in [0.25, 0.3) is 0 Å². The maximum absolute atomic E-state index is 13.6. The van der Waals surface area contributed by atoms with E-state index < -0.39 is 29.2 Å². The molecular formula is C17H17F2NO3. The lowest BCUT2D eigenvalue weighted by molar-refractivity contribution is 0.0911. The molecule has 0 spiro atoms. The van der Waals surface area contributed by atoms with Crippen molar-refractivity contribution in [1.82, 2.24) is 5.32 Å². The maximum Gasteiger partial charge on any atom is 0.251 e. The molecule has 0 saturated carbocycles.